The number of hydrogen-bond donors (Lipinski definition) is 1. The Hall–Kier alpha value is -0.400. The lowest BCUT2D eigenvalue weighted by molar-refractivity contribution is 0.0690. The van der Waals surface area contributed by atoms with Crippen LogP contribution in [-0.2, 0) is 0 Å². The number of amides is 1. The molecule has 0 unspecified atom stereocenters. The second-order valence-electron chi connectivity index (χ2n) is 5.17. The van der Waals surface area contributed by atoms with E-state index in [-0.39, 0.29) is 24.1 Å². The Balaban J connectivity index is 0.00000220. The minimum atomic E-state index is -0.321. The van der Waals surface area contributed by atoms with E-state index in [1.807, 2.05) is 27.5 Å². The third-order valence-electron chi connectivity index (χ3n) is 3.75. The van der Waals surface area contributed by atoms with Crippen molar-refractivity contribution in [2.45, 2.75) is 19.8 Å². The summed E-state index contributed by atoms with van der Waals surface area (Å²) in [6.07, 6.45) is 2.04. The Bertz CT molecular complexity index is 479. The van der Waals surface area contributed by atoms with E-state index >= 15 is 0 Å². The van der Waals surface area contributed by atoms with Gasteiger partial charge in [0.25, 0.3) is 5.91 Å². The van der Waals surface area contributed by atoms with E-state index in [9.17, 15) is 9.18 Å². The van der Waals surface area contributed by atoms with Gasteiger partial charge in [-0.3, -0.25) is 4.79 Å². The second-order valence-corrected chi connectivity index (χ2v) is 6.33. The van der Waals surface area contributed by atoms with Crippen LogP contribution in [0.25, 0.3) is 0 Å². The Morgan fingerprint density at radius 1 is 1.43 bits per heavy atom. The first-order valence-corrected chi connectivity index (χ1v) is 8.14. The highest BCUT2D eigenvalue weighted by Crippen LogP contribution is 2.20. The first-order chi connectivity index (χ1) is 9.61. The predicted molar refractivity (Wildman–Crippen MR) is 93.5 cm³/mol. The molecule has 1 aromatic carbocycles. The topological polar surface area (TPSA) is 32.3 Å². The van der Waals surface area contributed by atoms with Crippen LogP contribution >= 0.6 is 35.0 Å². The summed E-state index contributed by atoms with van der Waals surface area (Å²) in [5, 5.41) is 3.35. The van der Waals surface area contributed by atoms with Crippen LogP contribution in [0, 0.1) is 15.3 Å². The zero-order chi connectivity index (χ0) is 14.5. The van der Waals surface area contributed by atoms with Gasteiger partial charge in [0.15, 0.2) is 0 Å². The van der Waals surface area contributed by atoms with Crippen molar-refractivity contribution < 1.29 is 9.18 Å². The number of nitrogens with one attached hydrogen (secondary N) is 1. The highest BCUT2D eigenvalue weighted by atomic mass is 127. The maximum Gasteiger partial charge on any atom is 0.253 e. The SMILES string of the molecule is CCNCC1CCN(C(=O)c2ccc(I)c(F)c2)CC1.Cl. The summed E-state index contributed by atoms with van der Waals surface area (Å²) in [4.78, 5) is 14.2. The first-order valence-electron chi connectivity index (χ1n) is 7.07. The Morgan fingerprint density at radius 3 is 2.67 bits per heavy atom. The quantitative estimate of drug-likeness (QED) is 0.749. The fourth-order valence-electron chi connectivity index (χ4n) is 2.50. The van der Waals surface area contributed by atoms with Gasteiger partial charge >= 0.3 is 0 Å². The summed E-state index contributed by atoms with van der Waals surface area (Å²) in [7, 11) is 0. The average Bonchev–Trinajstić information content (AvgIpc) is 2.48. The smallest absolute Gasteiger partial charge is 0.253 e. The molecule has 0 radical (unpaired) electrons. The van der Waals surface area contributed by atoms with E-state index in [1.165, 1.54) is 6.07 Å². The van der Waals surface area contributed by atoms with Crippen LogP contribution in [0.1, 0.15) is 30.1 Å². The Kier molecular flexibility index (Phi) is 7.90. The summed E-state index contributed by atoms with van der Waals surface area (Å²) in [6.45, 7) is 5.65. The molecular formula is C15H21ClFIN2O. The first kappa shape index (κ1) is 18.6. The lowest BCUT2D eigenvalue weighted by atomic mass is 9.96. The van der Waals surface area contributed by atoms with Gasteiger partial charge in [0.05, 0.1) is 0 Å². The van der Waals surface area contributed by atoms with E-state index < -0.39 is 0 Å². The van der Waals surface area contributed by atoms with Gasteiger partial charge in [-0.25, -0.2) is 4.39 Å². The molecule has 0 aromatic heterocycles. The molecule has 0 aliphatic carbocycles. The molecular weight excluding hydrogens is 406 g/mol. The molecule has 0 bridgehead atoms. The van der Waals surface area contributed by atoms with Crippen molar-refractivity contribution in [2.24, 2.45) is 5.92 Å². The van der Waals surface area contributed by atoms with Gasteiger partial charge in [-0.1, -0.05) is 6.92 Å². The van der Waals surface area contributed by atoms with Gasteiger partial charge in [-0.2, -0.15) is 0 Å². The van der Waals surface area contributed by atoms with Crippen molar-refractivity contribution in [1.82, 2.24) is 10.2 Å². The molecule has 0 saturated carbocycles. The molecule has 6 heteroatoms. The van der Waals surface area contributed by atoms with Gasteiger partial charge in [0.2, 0.25) is 0 Å². The fraction of sp³-hybridized carbons (Fsp3) is 0.533. The fourth-order valence-corrected chi connectivity index (χ4v) is 2.84. The number of rotatable bonds is 4. The number of halogens is 3. The lowest BCUT2D eigenvalue weighted by Crippen LogP contribution is -2.40. The zero-order valence-electron chi connectivity index (χ0n) is 12.1. The predicted octanol–water partition coefficient (Wildman–Crippen LogP) is 3.31. The molecule has 21 heavy (non-hydrogen) atoms. The third-order valence-corrected chi connectivity index (χ3v) is 4.63. The van der Waals surface area contributed by atoms with Crippen LogP contribution in [0.2, 0.25) is 0 Å². The molecule has 1 aliphatic heterocycles. The monoisotopic (exact) mass is 426 g/mol. The standard InChI is InChI=1S/C15H20FIN2O.ClH/c1-2-18-10-11-5-7-19(8-6-11)15(20)12-3-4-14(17)13(16)9-12;/h3-4,9,11,18H,2,5-8,10H2,1H3;1H. The van der Waals surface area contributed by atoms with Crippen molar-refractivity contribution >= 4 is 40.9 Å². The molecule has 0 spiro atoms. The minimum absolute atomic E-state index is 0. The van der Waals surface area contributed by atoms with Crippen LogP contribution in [0.3, 0.4) is 0 Å². The number of nitrogens with zero attached hydrogens (tertiary/aromatic N) is 1. The van der Waals surface area contributed by atoms with Gasteiger partial charge in [0, 0.05) is 22.2 Å². The van der Waals surface area contributed by atoms with Crippen LogP contribution < -0.4 is 5.32 Å². The summed E-state index contributed by atoms with van der Waals surface area (Å²) >= 11 is 1.93. The maximum absolute atomic E-state index is 13.5. The van der Waals surface area contributed by atoms with E-state index in [0.717, 1.165) is 39.0 Å². The summed E-state index contributed by atoms with van der Waals surface area (Å²) in [6, 6.07) is 4.70. The van der Waals surface area contributed by atoms with Gasteiger partial charge < -0.3 is 10.2 Å². The molecule has 1 aliphatic rings. The number of hydrogen-bond acceptors (Lipinski definition) is 2. The highest BCUT2D eigenvalue weighted by molar-refractivity contribution is 14.1. The van der Waals surface area contributed by atoms with Crippen LogP contribution in [0.15, 0.2) is 18.2 Å². The van der Waals surface area contributed by atoms with Gasteiger partial charge in [0.1, 0.15) is 5.82 Å². The second kappa shape index (κ2) is 8.90. The lowest BCUT2D eigenvalue weighted by Gasteiger charge is -2.32. The molecule has 1 saturated heterocycles. The molecule has 1 amide bonds. The molecule has 0 atom stereocenters. The van der Waals surface area contributed by atoms with E-state index in [2.05, 4.69) is 12.2 Å². The number of likely N-dealkylation sites (tertiary alicyclic amines) is 1. The third kappa shape index (κ3) is 5.07. The zero-order valence-corrected chi connectivity index (χ0v) is 15.0. The van der Waals surface area contributed by atoms with E-state index in [4.69, 9.17) is 0 Å². The summed E-state index contributed by atoms with van der Waals surface area (Å²) < 4.78 is 14.1. The van der Waals surface area contributed by atoms with Crippen molar-refractivity contribution in [3.05, 3.63) is 33.1 Å². The average molecular weight is 427 g/mol. The molecule has 1 fully saturated rings. The minimum Gasteiger partial charge on any atom is -0.339 e. The number of benzene rings is 1. The molecule has 2 rings (SSSR count). The van der Waals surface area contributed by atoms with Gasteiger partial charge in [-0.15, -0.1) is 12.4 Å². The van der Waals surface area contributed by atoms with Crippen molar-refractivity contribution in [3.63, 3.8) is 0 Å². The highest BCUT2D eigenvalue weighted by Gasteiger charge is 2.23. The molecule has 1 aromatic rings. The van der Waals surface area contributed by atoms with Crippen molar-refractivity contribution in [1.29, 1.82) is 0 Å². The molecule has 3 nitrogen and oxygen atoms in total. The summed E-state index contributed by atoms with van der Waals surface area (Å²) in [5.41, 5.74) is 0.452. The molecule has 118 valence electrons. The maximum atomic E-state index is 13.5. The Labute approximate surface area is 145 Å². The molecule has 1 N–H and O–H groups in total. The van der Waals surface area contributed by atoms with E-state index in [0.29, 0.717) is 15.1 Å². The molecule has 1 heterocycles. The van der Waals surface area contributed by atoms with Crippen molar-refractivity contribution in [3.8, 4) is 0 Å². The van der Waals surface area contributed by atoms with Gasteiger partial charge in [-0.05, 0) is 72.6 Å². The largest absolute Gasteiger partial charge is 0.339 e. The number of carbonyl (C=O) groups excluding carboxylic acids is 1. The summed E-state index contributed by atoms with van der Waals surface area (Å²) in [5.74, 6) is 0.271. The van der Waals surface area contributed by atoms with Crippen molar-refractivity contribution in [2.75, 3.05) is 26.2 Å². The van der Waals surface area contributed by atoms with Crippen LogP contribution in [0.5, 0.6) is 0 Å². The number of piperidine rings is 1. The van der Waals surface area contributed by atoms with Crippen LogP contribution in [-0.4, -0.2) is 37.0 Å². The van der Waals surface area contributed by atoms with Crippen LogP contribution in [0.4, 0.5) is 4.39 Å². The van der Waals surface area contributed by atoms with E-state index in [1.54, 1.807) is 12.1 Å². The number of carbonyl (C=O) groups is 1. The normalized spacial score (nSPS) is 15.7. The Morgan fingerprint density at radius 2 is 2.10 bits per heavy atom.